The average molecular weight is 168 g/mol. The number of rotatable bonds is 0. The van der Waals surface area contributed by atoms with E-state index in [0.29, 0.717) is 6.61 Å². The fourth-order valence-corrected chi connectivity index (χ4v) is 1.36. The molecule has 0 spiro atoms. The lowest BCUT2D eigenvalue weighted by atomic mass is 10.1. The highest BCUT2D eigenvalue weighted by atomic mass is 35.5. The molecule has 1 radical (unpaired) electrons. The molecular formula is C9H8ClO. The van der Waals surface area contributed by atoms with Gasteiger partial charge in [-0.05, 0) is 24.1 Å². The molecule has 1 aromatic carbocycles. The highest BCUT2D eigenvalue weighted by Gasteiger charge is 2.09. The Kier molecular flexibility index (Phi) is 1.74. The third-order valence-corrected chi connectivity index (χ3v) is 1.99. The molecule has 1 aliphatic heterocycles. The quantitative estimate of drug-likeness (QED) is 0.577. The van der Waals surface area contributed by atoms with Crippen LogP contribution < -0.4 is 4.74 Å². The number of hydrogen-bond acceptors (Lipinski definition) is 1. The first-order valence-electron chi connectivity index (χ1n) is 3.59. The van der Waals surface area contributed by atoms with Crippen LogP contribution in [-0.4, -0.2) is 6.61 Å². The average Bonchev–Trinajstić information content (AvgIpc) is 2.04. The van der Waals surface area contributed by atoms with Gasteiger partial charge in [-0.1, -0.05) is 17.7 Å². The van der Waals surface area contributed by atoms with E-state index >= 15 is 0 Å². The molecule has 57 valence electrons. The third-order valence-electron chi connectivity index (χ3n) is 1.75. The van der Waals surface area contributed by atoms with E-state index in [1.807, 2.05) is 18.2 Å². The van der Waals surface area contributed by atoms with Gasteiger partial charge in [-0.3, -0.25) is 0 Å². The lowest BCUT2D eigenvalue weighted by molar-refractivity contribution is 0.328. The molecule has 0 aromatic heterocycles. The number of halogens is 1. The molecule has 1 heterocycles. The number of benzene rings is 1. The maximum absolute atomic E-state index is 5.79. The molecule has 1 aliphatic rings. The van der Waals surface area contributed by atoms with Gasteiger partial charge in [0.25, 0.3) is 0 Å². The first-order valence-corrected chi connectivity index (χ1v) is 3.97. The van der Waals surface area contributed by atoms with Crippen molar-refractivity contribution < 1.29 is 4.74 Å². The molecule has 0 N–H and O–H groups in total. The van der Waals surface area contributed by atoms with Gasteiger partial charge in [0.15, 0.2) is 0 Å². The molecule has 1 nitrogen and oxygen atoms in total. The lowest BCUT2D eigenvalue weighted by Gasteiger charge is -2.16. The lowest BCUT2D eigenvalue weighted by Crippen LogP contribution is -2.08. The van der Waals surface area contributed by atoms with Crippen molar-refractivity contribution in [2.75, 3.05) is 6.61 Å². The number of hydrogen-bond donors (Lipinski definition) is 0. The third kappa shape index (κ3) is 1.33. The van der Waals surface area contributed by atoms with Crippen molar-refractivity contribution in [2.45, 2.75) is 6.42 Å². The largest absolute Gasteiger partial charge is 0.493 e. The Morgan fingerprint density at radius 3 is 3.18 bits per heavy atom. The molecule has 0 bridgehead atoms. The topological polar surface area (TPSA) is 9.23 Å². The van der Waals surface area contributed by atoms with E-state index in [0.717, 1.165) is 17.2 Å². The Balaban J connectivity index is 2.43. The van der Waals surface area contributed by atoms with E-state index in [1.54, 1.807) is 0 Å². The van der Waals surface area contributed by atoms with E-state index in [4.69, 9.17) is 16.3 Å². The maximum Gasteiger partial charge on any atom is 0.123 e. The van der Waals surface area contributed by atoms with Crippen molar-refractivity contribution in [3.8, 4) is 5.75 Å². The molecule has 0 fully saturated rings. The van der Waals surface area contributed by atoms with Crippen molar-refractivity contribution >= 4 is 11.6 Å². The SMILES string of the molecule is Clc1ccc2c(c1)OC[CH]C2. The molecule has 0 unspecified atom stereocenters. The number of fused-ring (bicyclic) bond motifs is 1. The van der Waals surface area contributed by atoms with Crippen LogP contribution in [0.5, 0.6) is 5.75 Å². The standard InChI is InChI=1S/C9H8ClO/c10-8-4-3-7-2-1-5-11-9(7)6-8/h1,3-4,6H,2,5H2. The summed E-state index contributed by atoms with van der Waals surface area (Å²) in [7, 11) is 0. The first-order chi connectivity index (χ1) is 5.36. The van der Waals surface area contributed by atoms with Gasteiger partial charge < -0.3 is 4.74 Å². The van der Waals surface area contributed by atoms with E-state index in [9.17, 15) is 0 Å². The molecule has 0 saturated carbocycles. The second-order valence-electron chi connectivity index (χ2n) is 2.56. The van der Waals surface area contributed by atoms with Crippen LogP contribution in [0.1, 0.15) is 5.56 Å². The molecule has 0 amide bonds. The summed E-state index contributed by atoms with van der Waals surface area (Å²) in [5.74, 6) is 0.931. The Labute approximate surface area is 70.9 Å². The van der Waals surface area contributed by atoms with Crippen molar-refractivity contribution in [3.63, 3.8) is 0 Å². The summed E-state index contributed by atoms with van der Waals surface area (Å²) in [6.45, 7) is 0.702. The Bertz CT molecular complexity index is 270. The fraction of sp³-hybridized carbons (Fsp3) is 0.222. The first kappa shape index (κ1) is 6.99. The minimum atomic E-state index is 0.702. The van der Waals surface area contributed by atoms with Gasteiger partial charge in [-0.15, -0.1) is 0 Å². The van der Waals surface area contributed by atoms with Gasteiger partial charge in [0.1, 0.15) is 5.75 Å². The summed E-state index contributed by atoms with van der Waals surface area (Å²) in [6, 6.07) is 5.76. The van der Waals surface area contributed by atoms with E-state index in [1.165, 1.54) is 5.56 Å². The molecule has 0 aliphatic carbocycles. The summed E-state index contributed by atoms with van der Waals surface area (Å²) < 4.78 is 5.36. The Morgan fingerprint density at radius 2 is 2.27 bits per heavy atom. The summed E-state index contributed by atoms with van der Waals surface area (Å²) in [5.41, 5.74) is 1.22. The van der Waals surface area contributed by atoms with Crippen LogP contribution >= 0.6 is 11.6 Å². The van der Waals surface area contributed by atoms with Crippen molar-refractivity contribution in [1.29, 1.82) is 0 Å². The molecule has 2 rings (SSSR count). The van der Waals surface area contributed by atoms with Crippen LogP contribution in [0.25, 0.3) is 0 Å². The predicted molar refractivity (Wildman–Crippen MR) is 45.0 cm³/mol. The highest BCUT2D eigenvalue weighted by molar-refractivity contribution is 6.30. The van der Waals surface area contributed by atoms with Crippen LogP contribution in [0.2, 0.25) is 5.02 Å². The minimum absolute atomic E-state index is 0.702. The van der Waals surface area contributed by atoms with E-state index in [-0.39, 0.29) is 0 Å². The van der Waals surface area contributed by atoms with E-state index in [2.05, 4.69) is 6.42 Å². The zero-order valence-corrected chi connectivity index (χ0v) is 6.77. The Hall–Kier alpha value is -0.690. The van der Waals surface area contributed by atoms with Crippen LogP contribution in [0.4, 0.5) is 0 Å². The normalized spacial score (nSPS) is 15.4. The molecule has 2 heteroatoms. The second-order valence-corrected chi connectivity index (χ2v) is 2.99. The van der Waals surface area contributed by atoms with Gasteiger partial charge in [0, 0.05) is 11.4 Å². The van der Waals surface area contributed by atoms with Crippen LogP contribution in [0.3, 0.4) is 0 Å². The number of ether oxygens (including phenoxy) is 1. The summed E-state index contributed by atoms with van der Waals surface area (Å²) >= 11 is 5.79. The highest BCUT2D eigenvalue weighted by Crippen LogP contribution is 2.27. The zero-order chi connectivity index (χ0) is 7.68. The Morgan fingerprint density at radius 1 is 1.36 bits per heavy atom. The zero-order valence-electron chi connectivity index (χ0n) is 6.01. The maximum atomic E-state index is 5.79. The van der Waals surface area contributed by atoms with Crippen LogP contribution in [0, 0.1) is 6.42 Å². The van der Waals surface area contributed by atoms with Gasteiger partial charge >= 0.3 is 0 Å². The molecule has 0 atom stereocenters. The molecule has 1 aromatic rings. The van der Waals surface area contributed by atoms with E-state index < -0.39 is 0 Å². The second kappa shape index (κ2) is 2.74. The van der Waals surface area contributed by atoms with Gasteiger partial charge in [0.05, 0.1) is 6.61 Å². The summed E-state index contributed by atoms with van der Waals surface area (Å²) in [6.07, 6.45) is 3.10. The fourth-order valence-electron chi connectivity index (χ4n) is 1.19. The smallest absolute Gasteiger partial charge is 0.123 e. The van der Waals surface area contributed by atoms with Gasteiger partial charge in [-0.2, -0.15) is 0 Å². The predicted octanol–water partition coefficient (Wildman–Crippen LogP) is 2.48. The monoisotopic (exact) mass is 167 g/mol. The van der Waals surface area contributed by atoms with Crippen molar-refractivity contribution in [3.05, 3.63) is 35.2 Å². The summed E-state index contributed by atoms with van der Waals surface area (Å²) in [5, 5.41) is 0.741. The van der Waals surface area contributed by atoms with Gasteiger partial charge in [-0.25, -0.2) is 0 Å². The molecule has 11 heavy (non-hydrogen) atoms. The van der Waals surface area contributed by atoms with Crippen molar-refractivity contribution in [1.82, 2.24) is 0 Å². The van der Waals surface area contributed by atoms with Crippen LogP contribution in [0.15, 0.2) is 18.2 Å². The van der Waals surface area contributed by atoms with Crippen LogP contribution in [-0.2, 0) is 6.42 Å². The van der Waals surface area contributed by atoms with Crippen molar-refractivity contribution in [2.24, 2.45) is 0 Å². The van der Waals surface area contributed by atoms with Gasteiger partial charge in [0.2, 0.25) is 0 Å². The summed E-state index contributed by atoms with van der Waals surface area (Å²) in [4.78, 5) is 0. The minimum Gasteiger partial charge on any atom is -0.493 e. The molecular weight excluding hydrogens is 160 g/mol. The molecule has 0 saturated heterocycles.